The molecule has 1 unspecified atom stereocenters. The molecule has 0 aliphatic carbocycles. The minimum atomic E-state index is -0.268. The maximum atomic E-state index is 9.59. The van der Waals surface area contributed by atoms with Crippen LogP contribution in [0.5, 0.6) is 0 Å². The number of ether oxygens (including phenoxy) is 1. The molecule has 3 nitrogen and oxygen atoms in total. The Morgan fingerprint density at radius 1 is 1.43 bits per heavy atom. The first-order valence-corrected chi connectivity index (χ1v) is 5.96. The zero-order valence-corrected chi connectivity index (χ0v) is 10.5. The van der Waals surface area contributed by atoms with Crippen LogP contribution in [0.3, 0.4) is 0 Å². The van der Waals surface area contributed by atoms with Gasteiger partial charge in [0.2, 0.25) is 0 Å². The van der Waals surface area contributed by atoms with Gasteiger partial charge in [0.05, 0.1) is 12.7 Å². The van der Waals surface area contributed by atoms with E-state index in [9.17, 15) is 5.11 Å². The van der Waals surface area contributed by atoms with Gasteiger partial charge in [0.1, 0.15) is 0 Å². The summed E-state index contributed by atoms with van der Waals surface area (Å²) in [4.78, 5) is 0. The van der Waals surface area contributed by atoms with Crippen molar-refractivity contribution in [2.75, 3.05) is 32.6 Å². The van der Waals surface area contributed by atoms with Gasteiger partial charge in [-0.1, -0.05) is 20.8 Å². The van der Waals surface area contributed by atoms with Gasteiger partial charge in [0.15, 0.2) is 0 Å². The Bertz CT molecular complexity index is 137. The van der Waals surface area contributed by atoms with E-state index in [0.29, 0.717) is 13.2 Å². The van der Waals surface area contributed by atoms with Crippen LogP contribution in [0.1, 0.15) is 20.8 Å². The highest BCUT2D eigenvalue weighted by atomic mass is 32.2. The van der Waals surface area contributed by atoms with E-state index in [1.54, 1.807) is 18.9 Å². The Morgan fingerprint density at radius 2 is 2.07 bits per heavy atom. The highest BCUT2D eigenvalue weighted by Crippen LogP contribution is 2.23. The first-order valence-electron chi connectivity index (χ1n) is 4.97. The Hall–Kier alpha value is 0.230. The van der Waals surface area contributed by atoms with Gasteiger partial charge in [0.25, 0.3) is 0 Å². The normalized spacial score (nSPS) is 14.4. The molecule has 0 saturated heterocycles. The number of nitrogens with one attached hydrogen (secondary N) is 1. The minimum Gasteiger partial charge on any atom is -0.391 e. The zero-order chi connectivity index (χ0) is 11.0. The van der Waals surface area contributed by atoms with Crippen LogP contribution in [0.2, 0.25) is 0 Å². The zero-order valence-electron chi connectivity index (χ0n) is 9.67. The third-order valence-corrected chi connectivity index (χ3v) is 2.99. The lowest BCUT2D eigenvalue weighted by Gasteiger charge is -2.20. The molecule has 0 heterocycles. The Balaban J connectivity index is 3.32. The molecule has 0 aromatic carbocycles. The van der Waals surface area contributed by atoms with Gasteiger partial charge in [-0.2, -0.15) is 11.8 Å². The first-order chi connectivity index (χ1) is 6.45. The third-order valence-electron chi connectivity index (χ3n) is 1.57. The van der Waals surface area contributed by atoms with E-state index >= 15 is 0 Å². The standard InChI is InChI=1S/C10H23NO2S/c1-10(2,3)14-8-9(12)7-11-5-6-13-4/h9,11-12H,5-8H2,1-4H3. The molecule has 0 spiro atoms. The van der Waals surface area contributed by atoms with Crippen LogP contribution < -0.4 is 5.32 Å². The SMILES string of the molecule is COCCNCC(O)CSC(C)(C)C. The van der Waals surface area contributed by atoms with E-state index in [-0.39, 0.29) is 10.9 Å². The van der Waals surface area contributed by atoms with Crippen LogP contribution >= 0.6 is 11.8 Å². The highest BCUT2D eigenvalue weighted by molar-refractivity contribution is 8.00. The van der Waals surface area contributed by atoms with E-state index in [2.05, 4.69) is 26.1 Å². The average molecular weight is 221 g/mol. The summed E-state index contributed by atoms with van der Waals surface area (Å²) in [5, 5.41) is 12.7. The third kappa shape index (κ3) is 10.3. The molecule has 4 heteroatoms. The fourth-order valence-electron chi connectivity index (χ4n) is 0.848. The average Bonchev–Trinajstić information content (AvgIpc) is 2.08. The number of thioether (sulfide) groups is 1. The van der Waals surface area contributed by atoms with Crippen molar-refractivity contribution in [1.82, 2.24) is 5.32 Å². The van der Waals surface area contributed by atoms with Crippen molar-refractivity contribution in [3.8, 4) is 0 Å². The summed E-state index contributed by atoms with van der Waals surface area (Å²) < 4.78 is 5.12. The largest absolute Gasteiger partial charge is 0.391 e. The summed E-state index contributed by atoms with van der Waals surface area (Å²) >= 11 is 1.78. The number of aliphatic hydroxyl groups is 1. The fourth-order valence-corrected chi connectivity index (χ4v) is 1.66. The molecule has 14 heavy (non-hydrogen) atoms. The van der Waals surface area contributed by atoms with Gasteiger partial charge in [-0.25, -0.2) is 0 Å². The van der Waals surface area contributed by atoms with Crippen molar-refractivity contribution in [2.24, 2.45) is 0 Å². The maximum absolute atomic E-state index is 9.59. The van der Waals surface area contributed by atoms with Crippen molar-refractivity contribution in [1.29, 1.82) is 0 Å². The molecule has 0 aliphatic rings. The second-order valence-electron chi connectivity index (χ2n) is 4.27. The van der Waals surface area contributed by atoms with Crippen LogP contribution in [0, 0.1) is 0 Å². The topological polar surface area (TPSA) is 41.5 Å². The second-order valence-corrected chi connectivity index (χ2v) is 6.12. The molecular weight excluding hydrogens is 198 g/mol. The molecule has 2 N–H and O–H groups in total. The van der Waals surface area contributed by atoms with Crippen LogP contribution in [0.25, 0.3) is 0 Å². The van der Waals surface area contributed by atoms with Crippen molar-refractivity contribution >= 4 is 11.8 Å². The lowest BCUT2D eigenvalue weighted by molar-refractivity contribution is 0.175. The number of hydrogen-bond acceptors (Lipinski definition) is 4. The molecule has 86 valence electrons. The lowest BCUT2D eigenvalue weighted by Crippen LogP contribution is -2.31. The summed E-state index contributed by atoms with van der Waals surface area (Å²) in [7, 11) is 1.67. The predicted molar refractivity (Wildman–Crippen MR) is 63.0 cm³/mol. The van der Waals surface area contributed by atoms with E-state index in [1.807, 2.05) is 0 Å². The first kappa shape index (κ1) is 14.2. The van der Waals surface area contributed by atoms with Gasteiger partial charge >= 0.3 is 0 Å². The second kappa shape index (κ2) is 7.51. The molecular formula is C10H23NO2S. The summed E-state index contributed by atoms with van der Waals surface area (Å²) in [6.07, 6.45) is -0.268. The predicted octanol–water partition coefficient (Wildman–Crippen LogP) is 1.11. The lowest BCUT2D eigenvalue weighted by atomic mass is 10.3. The molecule has 0 radical (unpaired) electrons. The molecule has 0 bridgehead atoms. The minimum absolute atomic E-state index is 0.230. The summed E-state index contributed by atoms with van der Waals surface area (Å²) in [5.74, 6) is 0.781. The van der Waals surface area contributed by atoms with Crippen LogP contribution in [-0.2, 0) is 4.74 Å². The smallest absolute Gasteiger partial charge is 0.0755 e. The molecule has 0 saturated carbocycles. The fraction of sp³-hybridized carbons (Fsp3) is 1.00. The highest BCUT2D eigenvalue weighted by Gasteiger charge is 2.13. The van der Waals surface area contributed by atoms with Gasteiger partial charge in [-0.05, 0) is 0 Å². The van der Waals surface area contributed by atoms with Gasteiger partial charge < -0.3 is 15.2 Å². The van der Waals surface area contributed by atoms with E-state index in [0.717, 1.165) is 12.3 Å². The van der Waals surface area contributed by atoms with E-state index in [1.165, 1.54) is 0 Å². The van der Waals surface area contributed by atoms with E-state index in [4.69, 9.17) is 4.74 Å². The van der Waals surface area contributed by atoms with Gasteiger partial charge in [-0.3, -0.25) is 0 Å². The molecule has 0 fully saturated rings. The van der Waals surface area contributed by atoms with Gasteiger partial charge in [-0.15, -0.1) is 0 Å². The molecule has 1 atom stereocenters. The van der Waals surface area contributed by atoms with Crippen LogP contribution in [0.4, 0.5) is 0 Å². The molecule has 0 rings (SSSR count). The van der Waals surface area contributed by atoms with Crippen molar-refractivity contribution in [3.63, 3.8) is 0 Å². The van der Waals surface area contributed by atoms with E-state index < -0.39 is 0 Å². The maximum Gasteiger partial charge on any atom is 0.0755 e. The number of rotatable bonds is 7. The quantitative estimate of drug-likeness (QED) is 0.632. The Kier molecular flexibility index (Phi) is 7.64. The monoisotopic (exact) mass is 221 g/mol. The summed E-state index contributed by atoms with van der Waals surface area (Å²) in [5.41, 5.74) is 0. The molecule has 0 aliphatic heterocycles. The van der Waals surface area contributed by atoms with Crippen molar-refractivity contribution in [3.05, 3.63) is 0 Å². The van der Waals surface area contributed by atoms with Crippen molar-refractivity contribution < 1.29 is 9.84 Å². The summed E-state index contributed by atoms with van der Waals surface area (Å²) in [6.45, 7) is 8.60. The number of methoxy groups -OCH3 is 1. The molecule has 0 aromatic heterocycles. The van der Waals surface area contributed by atoms with Crippen molar-refractivity contribution in [2.45, 2.75) is 31.6 Å². The van der Waals surface area contributed by atoms with Crippen LogP contribution in [0.15, 0.2) is 0 Å². The molecule has 0 aromatic rings. The molecule has 0 amide bonds. The Labute approximate surface area is 91.6 Å². The Morgan fingerprint density at radius 3 is 2.57 bits per heavy atom. The number of aliphatic hydroxyl groups excluding tert-OH is 1. The summed E-state index contributed by atoms with van der Waals surface area (Å²) in [6, 6.07) is 0. The van der Waals surface area contributed by atoms with Gasteiger partial charge in [0, 0.05) is 30.7 Å². The van der Waals surface area contributed by atoms with Crippen LogP contribution in [-0.4, -0.2) is 48.5 Å². The number of hydrogen-bond donors (Lipinski definition) is 2.